The van der Waals surface area contributed by atoms with Gasteiger partial charge in [0.15, 0.2) is 0 Å². The molecule has 2 amide bonds. The van der Waals surface area contributed by atoms with E-state index < -0.39 is 0 Å². The molecule has 2 heterocycles. The van der Waals surface area contributed by atoms with E-state index in [0.29, 0.717) is 0 Å². The van der Waals surface area contributed by atoms with Crippen LogP contribution in [0.4, 0.5) is 4.79 Å². The van der Waals surface area contributed by atoms with Crippen molar-refractivity contribution in [1.82, 2.24) is 15.2 Å². The summed E-state index contributed by atoms with van der Waals surface area (Å²) in [5.41, 5.74) is 0. The number of hydrogen-bond donors (Lipinski definition) is 1. The molecule has 1 N–H and O–H groups in total. The van der Waals surface area contributed by atoms with Crippen molar-refractivity contribution in [2.75, 3.05) is 13.1 Å². The van der Waals surface area contributed by atoms with Crippen molar-refractivity contribution in [3.8, 4) is 0 Å². The first-order valence-corrected chi connectivity index (χ1v) is 6.03. The summed E-state index contributed by atoms with van der Waals surface area (Å²) in [4.78, 5) is 18.9. The molecule has 2 rings (SSSR count). The van der Waals surface area contributed by atoms with E-state index >= 15 is 0 Å². The fourth-order valence-electron chi connectivity index (χ4n) is 1.67. The van der Waals surface area contributed by atoms with E-state index in [1.54, 1.807) is 11.3 Å². The molecular formula is C10H15N3OS. The van der Waals surface area contributed by atoms with E-state index in [0.717, 1.165) is 24.5 Å². The van der Waals surface area contributed by atoms with Gasteiger partial charge in [-0.15, -0.1) is 11.3 Å². The third-order valence-corrected chi connectivity index (χ3v) is 3.95. The van der Waals surface area contributed by atoms with Crippen molar-refractivity contribution in [2.24, 2.45) is 0 Å². The van der Waals surface area contributed by atoms with Crippen molar-refractivity contribution in [3.63, 3.8) is 0 Å². The summed E-state index contributed by atoms with van der Waals surface area (Å²) >= 11 is 1.70. The number of hydrogen-bond acceptors (Lipinski definition) is 3. The maximum atomic E-state index is 11.5. The number of nitrogens with one attached hydrogen (secondary N) is 1. The fraction of sp³-hybridized carbons (Fsp3) is 0.600. The molecule has 0 bridgehead atoms. The topological polar surface area (TPSA) is 45.2 Å². The Morgan fingerprint density at radius 2 is 2.53 bits per heavy atom. The number of aromatic nitrogens is 1. The van der Waals surface area contributed by atoms with Crippen LogP contribution in [0, 0.1) is 0 Å². The molecule has 15 heavy (non-hydrogen) atoms. The second-order valence-corrected chi connectivity index (χ2v) is 4.77. The Morgan fingerprint density at radius 3 is 3.07 bits per heavy atom. The maximum Gasteiger partial charge on any atom is 0.318 e. The number of thiazole rings is 1. The van der Waals surface area contributed by atoms with Crippen LogP contribution in [0.1, 0.15) is 29.8 Å². The van der Waals surface area contributed by atoms with E-state index in [9.17, 15) is 4.79 Å². The Balaban J connectivity index is 2.12. The van der Waals surface area contributed by atoms with Crippen molar-refractivity contribution in [2.45, 2.75) is 26.3 Å². The highest BCUT2D eigenvalue weighted by atomic mass is 32.1. The van der Waals surface area contributed by atoms with Gasteiger partial charge < -0.3 is 10.2 Å². The summed E-state index contributed by atoms with van der Waals surface area (Å²) in [7, 11) is 0. The van der Waals surface area contributed by atoms with Crippen molar-refractivity contribution in [3.05, 3.63) is 16.1 Å². The Kier molecular flexibility index (Phi) is 2.90. The minimum atomic E-state index is 0.0238. The van der Waals surface area contributed by atoms with Gasteiger partial charge in [0.2, 0.25) is 0 Å². The van der Waals surface area contributed by atoms with Gasteiger partial charge in [-0.3, -0.25) is 0 Å². The summed E-state index contributed by atoms with van der Waals surface area (Å²) in [5, 5.41) is 3.84. The van der Waals surface area contributed by atoms with Gasteiger partial charge in [-0.05, 0) is 13.3 Å². The highest BCUT2D eigenvalue weighted by Crippen LogP contribution is 2.26. The van der Waals surface area contributed by atoms with E-state index in [-0.39, 0.29) is 12.1 Å². The Morgan fingerprint density at radius 1 is 1.73 bits per heavy atom. The van der Waals surface area contributed by atoms with E-state index in [1.165, 1.54) is 4.88 Å². The van der Waals surface area contributed by atoms with Crippen LogP contribution in [0.3, 0.4) is 0 Å². The number of urea groups is 1. The molecule has 0 radical (unpaired) electrons. The highest BCUT2D eigenvalue weighted by Gasteiger charge is 2.27. The quantitative estimate of drug-likeness (QED) is 0.852. The van der Waals surface area contributed by atoms with Crippen LogP contribution in [-0.4, -0.2) is 29.0 Å². The van der Waals surface area contributed by atoms with Gasteiger partial charge in [-0.2, -0.15) is 0 Å². The summed E-state index contributed by atoms with van der Waals surface area (Å²) in [6, 6.07) is 0.119. The lowest BCUT2D eigenvalue weighted by Gasteiger charge is -2.20. The number of carbonyl (C=O) groups is 1. The monoisotopic (exact) mass is 225 g/mol. The van der Waals surface area contributed by atoms with Crippen LogP contribution in [0.5, 0.6) is 0 Å². The van der Waals surface area contributed by atoms with Crippen molar-refractivity contribution in [1.29, 1.82) is 0 Å². The normalized spacial score (nSPS) is 18.0. The molecule has 0 saturated carbocycles. The predicted octanol–water partition coefficient (Wildman–Crippen LogP) is 1.79. The number of amides is 2. The Labute approximate surface area is 93.3 Å². The minimum Gasteiger partial charge on any atom is -0.336 e. The molecule has 5 heteroatoms. The summed E-state index contributed by atoms with van der Waals surface area (Å²) in [6.45, 7) is 5.67. The molecule has 82 valence electrons. The molecule has 1 aliphatic heterocycles. The second-order valence-electron chi connectivity index (χ2n) is 3.62. The van der Waals surface area contributed by atoms with Gasteiger partial charge in [-0.25, -0.2) is 9.78 Å². The van der Waals surface area contributed by atoms with Gasteiger partial charge in [0.25, 0.3) is 0 Å². The third-order valence-electron chi connectivity index (χ3n) is 2.63. The number of nitrogens with zero attached hydrogens (tertiary/aromatic N) is 2. The van der Waals surface area contributed by atoms with E-state index in [4.69, 9.17) is 0 Å². The fourth-order valence-corrected chi connectivity index (χ4v) is 2.59. The molecule has 0 aromatic carbocycles. The average Bonchev–Trinajstić information content (AvgIpc) is 2.84. The summed E-state index contributed by atoms with van der Waals surface area (Å²) < 4.78 is 0. The molecule has 1 aliphatic rings. The first-order valence-electron chi connectivity index (χ1n) is 5.21. The van der Waals surface area contributed by atoms with Crippen LogP contribution in [0.25, 0.3) is 0 Å². The number of rotatable bonds is 3. The van der Waals surface area contributed by atoms with Gasteiger partial charge in [-0.1, -0.05) is 6.92 Å². The van der Waals surface area contributed by atoms with Crippen LogP contribution >= 0.6 is 11.3 Å². The Bertz CT molecular complexity index is 363. The molecule has 1 saturated heterocycles. The molecular weight excluding hydrogens is 210 g/mol. The molecule has 0 aliphatic carbocycles. The molecule has 4 nitrogen and oxygen atoms in total. The van der Waals surface area contributed by atoms with Crippen molar-refractivity contribution < 1.29 is 4.79 Å². The predicted molar refractivity (Wildman–Crippen MR) is 60.0 cm³/mol. The van der Waals surface area contributed by atoms with Crippen LogP contribution < -0.4 is 5.32 Å². The summed E-state index contributed by atoms with van der Waals surface area (Å²) in [5.74, 6) is 0. The van der Waals surface area contributed by atoms with Gasteiger partial charge in [0, 0.05) is 24.2 Å². The first kappa shape index (κ1) is 10.4. The highest BCUT2D eigenvalue weighted by molar-refractivity contribution is 7.11. The zero-order chi connectivity index (χ0) is 10.8. The first-order chi connectivity index (χ1) is 7.22. The lowest BCUT2D eigenvalue weighted by atomic mass is 10.3. The van der Waals surface area contributed by atoms with Crippen molar-refractivity contribution >= 4 is 17.4 Å². The molecule has 1 unspecified atom stereocenters. The SMILES string of the molecule is CCc1cnc(C(C)N2CCNC2=O)s1. The zero-order valence-corrected chi connectivity index (χ0v) is 9.80. The van der Waals surface area contributed by atoms with Gasteiger partial charge >= 0.3 is 6.03 Å². The standard InChI is InChI=1S/C10H15N3OS/c1-3-8-6-12-9(15-8)7(2)13-5-4-11-10(13)14/h6-7H,3-5H2,1-2H3,(H,11,14). The van der Waals surface area contributed by atoms with Crippen LogP contribution in [-0.2, 0) is 6.42 Å². The average molecular weight is 225 g/mol. The smallest absolute Gasteiger partial charge is 0.318 e. The second kappa shape index (κ2) is 4.18. The van der Waals surface area contributed by atoms with Crippen LogP contribution in [0.15, 0.2) is 6.20 Å². The molecule has 0 spiro atoms. The largest absolute Gasteiger partial charge is 0.336 e. The molecule has 1 aromatic heterocycles. The zero-order valence-electron chi connectivity index (χ0n) is 8.99. The van der Waals surface area contributed by atoms with Gasteiger partial charge in [0.1, 0.15) is 5.01 Å². The maximum absolute atomic E-state index is 11.5. The van der Waals surface area contributed by atoms with Crippen LogP contribution in [0.2, 0.25) is 0 Å². The Hall–Kier alpha value is -1.10. The van der Waals surface area contributed by atoms with E-state index in [1.807, 2.05) is 18.0 Å². The molecule has 1 fully saturated rings. The minimum absolute atomic E-state index is 0.0238. The third kappa shape index (κ3) is 1.97. The lowest BCUT2D eigenvalue weighted by molar-refractivity contribution is 0.202. The molecule has 1 aromatic rings. The molecule has 1 atom stereocenters. The number of carbonyl (C=O) groups excluding carboxylic acids is 1. The number of aryl methyl sites for hydroxylation is 1. The van der Waals surface area contributed by atoms with Gasteiger partial charge in [0.05, 0.1) is 6.04 Å². The lowest BCUT2D eigenvalue weighted by Crippen LogP contribution is -2.30. The summed E-state index contributed by atoms with van der Waals surface area (Å²) in [6.07, 6.45) is 2.92. The van der Waals surface area contributed by atoms with E-state index in [2.05, 4.69) is 17.2 Å².